The van der Waals surface area contributed by atoms with Gasteiger partial charge in [0, 0.05) is 6.04 Å². The van der Waals surface area contributed by atoms with Crippen LogP contribution in [-0.2, 0) is 4.79 Å². The van der Waals surface area contributed by atoms with E-state index in [1.165, 1.54) is 12.8 Å². The Hall–Kier alpha value is -0.570. The molecular weight excluding hydrogens is 178 g/mol. The van der Waals surface area contributed by atoms with Crippen molar-refractivity contribution in [2.45, 2.75) is 39.2 Å². The standard InChI is InChI=1S/C11H21NO2/c1-8(2)10(11(13)14)9-6-4-5-7-12(9)3/h8-10H,4-7H2,1-3H3,(H,13,14). The van der Waals surface area contributed by atoms with E-state index in [1.807, 2.05) is 20.9 Å². The second-order valence-corrected chi connectivity index (χ2v) is 4.65. The highest BCUT2D eigenvalue weighted by atomic mass is 16.4. The van der Waals surface area contributed by atoms with Gasteiger partial charge in [0.15, 0.2) is 0 Å². The number of nitrogens with zero attached hydrogens (tertiary/aromatic N) is 1. The number of hydrogen-bond acceptors (Lipinski definition) is 2. The molecule has 1 aliphatic heterocycles. The van der Waals surface area contributed by atoms with Crippen molar-refractivity contribution in [2.24, 2.45) is 11.8 Å². The van der Waals surface area contributed by atoms with Crippen LogP contribution in [0.4, 0.5) is 0 Å². The summed E-state index contributed by atoms with van der Waals surface area (Å²) in [6, 6.07) is 0.237. The second kappa shape index (κ2) is 4.78. The highest BCUT2D eigenvalue weighted by Gasteiger charge is 2.34. The zero-order valence-electron chi connectivity index (χ0n) is 9.36. The van der Waals surface area contributed by atoms with Crippen molar-refractivity contribution in [3.05, 3.63) is 0 Å². The molecule has 0 aromatic heterocycles. The number of piperidine rings is 1. The summed E-state index contributed by atoms with van der Waals surface area (Å²) in [7, 11) is 2.04. The van der Waals surface area contributed by atoms with Gasteiger partial charge in [-0.3, -0.25) is 4.79 Å². The highest BCUT2D eigenvalue weighted by molar-refractivity contribution is 5.71. The molecule has 0 amide bonds. The number of carboxylic acid groups (broad SMARTS) is 1. The maximum atomic E-state index is 11.2. The van der Waals surface area contributed by atoms with Crippen molar-refractivity contribution < 1.29 is 9.90 Å². The summed E-state index contributed by atoms with van der Waals surface area (Å²) >= 11 is 0. The van der Waals surface area contributed by atoms with Crippen LogP contribution in [0.5, 0.6) is 0 Å². The van der Waals surface area contributed by atoms with E-state index in [0.717, 1.165) is 13.0 Å². The molecule has 1 heterocycles. The first kappa shape index (κ1) is 11.5. The summed E-state index contributed by atoms with van der Waals surface area (Å²) in [6.45, 7) is 5.05. The molecule has 1 fully saturated rings. The zero-order valence-corrected chi connectivity index (χ0v) is 9.36. The molecule has 1 aliphatic rings. The maximum absolute atomic E-state index is 11.2. The summed E-state index contributed by atoms with van der Waals surface area (Å²) in [5.74, 6) is -0.628. The van der Waals surface area contributed by atoms with Gasteiger partial charge in [-0.05, 0) is 32.4 Å². The molecule has 0 aliphatic carbocycles. The summed E-state index contributed by atoms with van der Waals surface area (Å²) in [5.41, 5.74) is 0. The Bertz CT molecular complexity index is 203. The summed E-state index contributed by atoms with van der Waals surface area (Å²) in [5, 5.41) is 9.19. The molecular formula is C11H21NO2. The van der Waals surface area contributed by atoms with Crippen LogP contribution in [0.3, 0.4) is 0 Å². The minimum Gasteiger partial charge on any atom is -0.481 e. The Morgan fingerprint density at radius 3 is 2.50 bits per heavy atom. The fraction of sp³-hybridized carbons (Fsp3) is 0.909. The lowest BCUT2D eigenvalue weighted by atomic mass is 9.83. The number of rotatable bonds is 3. The van der Waals surface area contributed by atoms with Crippen molar-refractivity contribution in [1.82, 2.24) is 4.90 Å². The SMILES string of the molecule is CC(C)C(C(=O)O)C1CCCCN1C. The Morgan fingerprint density at radius 2 is 2.07 bits per heavy atom. The van der Waals surface area contributed by atoms with Crippen molar-refractivity contribution in [2.75, 3.05) is 13.6 Å². The number of aliphatic carboxylic acids is 1. The molecule has 2 unspecified atom stereocenters. The van der Waals surface area contributed by atoms with Gasteiger partial charge in [0.1, 0.15) is 0 Å². The lowest BCUT2D eigenvalue weighted by molar-refractivity contribution is -0.146. The predicted octanol–water partition coefficient (Wildman–Crippen LogP) is 1.83. The van der Waals surface area contributed by atoms with Crippen molar-refractivity contribution in [1.29, 1.82) is 0 Å². The molecule has 1 rings (SSSR count). The average Bonchev–Trinajstić information content (AvgIpc) is 2.07. The molecule has 3 nitrogen and oxygen atoms in total. The molecule has 0 aromatic rings. The van der Waals surface area contributed by atoms with E-state index in [2.05, 4.69) is 4.90 Å². The van der Waals surface area contributed by atoms with Crippen molar-refractivity contribution in [3.8, 4) is 0 Å². The van der Waals surface area contributed by atoms with E-state index in [0.29, 0.717) is 0 Å². The monoisotopic (exact) mass is 199 g/mol. The number of carbonyl (C=O) groups is 1. The lowest BCUT2D eigenvalue weighted by Gasteiger charge is -2.37. The van der Waals surface area contributed by atoms with Crippen LogP contribution in [0.25, 0.3) is 0 Å². The first-order valence-electron chi connectivity index (χ1n) is 5.47. The van der Waals surface area contributed by atoms with Crippen LogP contribution < -0.4 is 0 Å². The molecule has 0 aromatic carbocycles. The van der Waals surface area contributed by atoms with E-state index in [4.69, 9.17) is 0 Å². The molecule has 2 atom stereocenters. The Kier molecular flexibility index (Phi) is 3.93. The molecule has 0 saturated carbocycles. The van der Waals surface area contributed by atoms with Gasteiger partial charge in [-0.25, -0.2) is 0 Å². The predicted molar refractivity (Wildman–Crippen MR) is 56.2 cm³/mol. The molecule has 82 valence electrons. The van der Waals surface area contributed by atoms with E-state index in [9.17, 15) is 9.90 Å². The fourth-order valence-corrected chi connectivity index (χ4v) is 2.45. The normalized spacial score (nSPS) is 26.4. The Morgan fingerprint density at radius 1 is 1.43 bits per heavy atom. The molecule has 1 saturated heterocycles. The Balaban J connectivity index is 2.70. The van der Waals surface area contributed by atoms with Gasteiger partial charge in [-0.15, -0.1) is 0 Å². The second-order valence-electron chi connectivity index (χ2n) is 4.65. The molecule has 1 N–H and O–H groups in total. The van der Waals surface area contributed by atoms with Crippen LogP contribution >= 0.6 is 0 Å². The van der Waals surface area contributed by atoms with Gasteiger partial charge >= 0.3 is 5.97 Å². The Labute approximate surface area is 86.1 Å². The maximum Gasteiger partial charge on any atom is 0.308 e. The molecule has 3 heteroatoms. The van der Waals surface area contributed by atoms with Crippen LogP contribution in [0, 0.1) is 11.8 Å². The summed E-state index contributed by atoms with van der Waals surface area (Å²) in [6.07, 6.45) is 3.41. The number of hydrogen-bond donors (Lipinski definition) is 1. The van der Waals surface area contributed by atoms with E-state index in [-0.39, 0.29) is 17.9 Å². The topological polar surface area (TPSA) is 40.5 Å². The lowest BCUT2D eigenvalue weighted by Crippen LogP contribution is -2.46. The first-order chi connectivity index (χ1) is 6.54. The molecule has 0 bridgehead atoms. The van der Waals surface area contributed by atoms with Gasteiger partial charge in [0.05, 0.1) is 5.92 Å². The third-order valence-electron chi connectivity index (χ3n) is 3.24. The summed E-state index contributed by atoms with van der Waals surface area (Å²) in [4.78, 5) is 13.4. The molecule has 0 spiro atoms. The quantitative estimate of drug-likeness (QED) is 0.754. The van der Waals surface area contributed by atoms with Crippen molar-refractivity contribution >= 4 is 5.97 Å². The van der Waals surface area contributed by atoms with Crippen LogP contribution in [0.15, 0.2) is 0 Å². The fourth-order valence-electron chi connectivity index (χ4n) is 2.45. The van der Waals surface area contributed by atoms with Crippen LogP contribution in [0.1, 0.15) is 33.1 Å². The average molecular weight is 199 g/mol. The highest BCUT2D eigenvalue weighted by Crippen LogP contribution is 2.27. The zero-order chi connectivity index (χ0) is 10.7. The minimum absolute atomic E-state index is 0.208. The molecule has 0 radical (unpaired) electrons. The molecule has 14 heavy (non-hydrogen) atoms. The van der Waals surface area contributed by atoms with Gasteiger partial charge in [0.25, 0.3) is 0 Å². The summed E-state index contributed by atoms with van der Waals surface area (Å²) < 4.78 is 0. The first-order valence-corrected chi connectivity index (χ1v) is 5.47. The van der Waals surface area contributed by atoms with E-state index >= 15 is 0 Å². The van der Waals surface area contributed by atoms with E-state index < -0.39 is 5.97 Å². The van der Waals surface area contributed by atoms with Crippen LogP contribution in [0.2, 0.25) is 0 Å². The third kappa shape index (κ3) is 2.47. The van der Waals surface area contributed by atoms with Gasteiger partial charge in [-0.2, -0.15) is 0 Å². The number of likely N-dealkylation sites (tertiary alicyclic amines) is 1. The smallest absolute Gasteiger partial charge is 0.308 e. The minimum atomic E-state index is -0.640. The van der Waals surface area contributed by atoms with Crippen molar-refractivity contribution in [3.63, 3.8) is 0 Å². The van der Waals surface area contributed by atoms with E-state index in [1.54, 1.807) is 0 Å². The largest absolute Gasteiger partial charge is 0.481 e. The number of carboxylic acids is 1. The van der Waals surface area contributed by atoms with Gasteiger partial charge < -0.3 is 10.0 Å². The van der Waals surface area contributed by atoms with Gasteiger partial charge in [-0.1, -0.05) is 20.3 Å². The third-order valence-corrected chi connectivity index (χ3v) is 3.24. The van der Waals surface area contributed by atoms with Crippen LogP contribution in [-0.4, -0.2) is 35.6 Å². The van der Waals surface area contributed by atoms with Gasteiger partial charge in [0.2, 0.25) is 0 Å².